The van der Waals surface area contributed by atoms with E-state index >= 15 is 0 Å². The summed E-state index contributed by atoms with van der Waals surface area (Å²) in [6.45, 7) is -0.950. The number of benzene rings is 1. The molecule has 1 aliphatic rings. The molecule has 1 heterocycles. The number of para-hydroxylation sites is 1. The number of amides is 1. The van der Waals surface area contributed by atoms with Gasteiger partial charge in [0, 0.05) is 0 Å². The Kier molecular flexibility index (Phi) is 3.79. The zero-order chi connectivity index (χ0) is 13.9. The Balaban J connectivity index is 2.03. The van der Waals surface area contributed by atoms with Gasteiger partial charge in [0.05, 0.1) is 5.56 Å². The van der Waals surface area contributed by atoms with Gasteiger partial charge in [0.25, 0.3) is 5.91 Å². The van der Waals surface area contributed by atoms with Crippen LogP contribution in [0, 0.1) is 0 Å². The van der Waals surface area contributed by atoms with Crippen molar-refractivity contribution in [3.8, 4) is 11.5 Å². The normalized spacial score (nSPS) is 14.1. The van der Waals surface area contributed by atoms with Crippen molar-refractivity contribution >= 4 is 5.91 Å². The Hall–Kier alpha value is -1.96. The molecule has 0 saturated carbocycles. The monoisotopic (exact) mass is 277 g/mol. The van der Waals surface area contributed by atoms with Gasteiger partial charge in [-0.3, -0.25) is 9.63 Å². The maximum atomic E-state index is 11.9. The van der Waals surface area contributed by atoms with Gasteiger partial charge in [-0.2, -0.15) is 13.2 Å². The van der Waals surface area contributed by atoms with Crippen LogP contribution >= 0.6 is 0 Å². The lowest BCUT2D eigenvalue weighted by molar-refractivity contribution is -0.184. The average Bonchev–Trinajstić information content (AvgIpc) is 2.36. The number of hydrogen-bond donors (Lipinski definition) is 1. The number of hydrogen-bond acceptors (Lipinski definition) is 4. The molecule has 19 heavy (non-hydrogen) atoms. The van der Waals surface area contributed by atoms with Crippen LogP contribution in [0.2, 0.25) is 0 Å². The molecule has 0 atom stereocenters. The number of nitrogens with one attached hydrogen (secondary N) is 1. The Morgan fingerprint density at radius 2 is 2.05 bits per heavy atom. The molecule has 1 aromatic rings. The second kappa shape index (κ2) is 5.35. The molecule has 1 aromatic carbocycles. The number of alkyl halides is 3. The van der Waals surface area contributed by atoms with Gasteiger partial charge in [0.15, 0.2) is 18.1 Å². The summed E-state index contributed by atoms with van der Waals surface area (Å²) in [5.41, 5.74) is 1.77. The van der Waals surface area contributed by atoms with E-state index in [1.807, 2.05) is 0 Å². The van der Waals surface area contributed by atoms with E-state index < -0.39 is 18.7 Å². The number of halogens is 3. The van der Waals surface area contributed by atoms with Gasteiger partial charge >= 0.3 is 6.18 Å². The first-order valence-corrected chi connectivity index (χ1v) is 5.35. The summed E-state index contributed by atoms with van der Waals surface area (Å²) in [6, 6.07) is 4.54. The largest absolute Gasteiger partial charge is 0.486 e. The van der Waals surface area contributed by atoms with Gasteiger partial charge in [-0.15, -0.1) is 0 Å². The van der Waals surface area contributed by atoms with Crippen LogP contribution in [-0.2, 0) is 4.84 Å². The van der Waals surface area contributed by atoms with Gasteiger partial charge in [0.1, 0.15) is 13.2 Å². The third kappa shape index (κ3) is 3.50. The van der Waals surface area contributed by atoms with Crippen LogP contribution in [-0.4, -0.2) is 31.9 Å². The lowest BCUT2D eigenvalue weighted by atomic mass is 10.1. The predicted octanol–water partition coefficient (Wildman–Crippen LogP) is 1.68. The molecule has 0 fully saturated rings. The van der Waals surface area contributed by atoms with Crippen molar-refractivity contribution in [1.82, 2.24) is 5.48 Å². The van der Waals surface area contributed by atoms with E-state index in [0.29, 0.717) is 12.4 Å². The van der Waals surface area contributed by atoms with Crippen LogP contribution in [0.1, 0.15) is 10.4 Å². The Bertz CT molecular complexity index is 475. The molecule has 104 valence electrons. The SMILES string of the molecule is O=C(NOCC(F)(F)F)c1cccc2c1OCCO2. The lowest BCUT2D eigenvalue weighted by Gasteiger charge is -2.20. The topological polar surface area (TPSA) is 56.8 Å². The van der Waals surface area contributed by atoms with E-state index in [-0.39, 0.29) is 17.9 Å². The maximum absolute atomic E-state index is 11.9. The molecule has 1 amide bonds. The minimum absolute atomic E-state index is 0.0550. The molecule has 0 unspecified atom stereocenters. The van der Waals surface area contributed by atoms with Gasteiger partial charge in [0.2, 0.25) is 0 Å². The summed E-state index contributed by atoms with van der Waals surface area (Å²) in [7, 11) is 0. The van der Waals surface area contributed by atoms with E-state index in [0.717, 1.165) is 0 Å². The van der Waals surface area contributed by atoms with Gasteiger partial charge in [-0.25, -0.2) is 5.48 Å². The molecule has 0 bridgehead atoms. The molecule has 0 aliphatic carbocycles. The van der Waals surface area contributed by atoms with Crippen molar-refractivity contribution in [3.05, 3.63) is 23.8 Å². The minimum atomic E-state index is -4.51. The van der Waals surface area contributed by atoms with Gasteiger partial charge in [-0.05, 0) is 12.1 Å². The predicted molar refractivity (Wildman–Crippen MR) is 56.9 cm³/mol. The number of ether oxygens (including phenoxy) is 2. The van der Waals surface area contributed by atoms with Crippen molar-refractivity contribution in [1.29, 1.82) is 0 Å². The third-order valence-corrected chi connectivity index (χ3v) is 2.21. The van der Waals surface area contributed by atoms with Crippen LogP contribution < -0.4 is 15.0 Å². The summed E-state index contributed by atoms with van der Waals surface area (Å²) in [5, 5.41) is 0. The fourth-order valence-corrected chi connectivity index (χ4v) is 1.49. The van der Waals surface area contributed by atoms with E-state index in [4.69, 9.17) is 9.47 Å². The zero-order valence-corrected chi connectivity index (χ0v) is 9.62. The highest BCUT2D eigenvalue weighted by Crippen LogP contribution is 2.33. The van der Waals surface area contributed by atoms with E-state index in [1.54, 1.807) is 11.5 Å². The molecule has 1 N–H and O–H groups in total. The molecule has 0 radical (unpaired) electrons. The first kappa shape index (κ1) is 13.5. The molecular weight excluding hydrogens is 267 g/mol. The highest BCUT2D eigenvalue weighted by atomic mass is 19.4. The van der Waals surface area contributed by atoms with Crippen LogP contribution in [0.25, 0.3) is 0 Å². The third-order valence-electron chi connectivity index (χ3n) is 2.21. The van der Waals surface area contributed by atoms with Gasteiger partial charge in [-0.1, -0.05) is 6.07 Å². The van der Waals surface area contributed by atoms with Crippen molar-refractivity contribution in [2.45, 2.75) is 6.18 Å². The summed E-state index contributed by atoms with van der Waals surface area (Å²) < 4.78 is 46.1. The molecule has 0 aromatic heterocycles. The second-order valence-corrected chi connectivity index (χ2v) is 3.66. The van der Waals surface area contributed by atoms with Crippen LogP contribution in [0.15, 0.2) is 18.2 Å². The first-order valence-electron chi connectivity index (χ1n) is 5.35. The van der Waals surface area contributed by atoms with Crippen LogP contribution in [0.5, 0.6) is 11.5 Å². The molecule has 5 nitrogen and oxygen atoms in total. The molecule has 0 saturated heterocycles. The zero-order valence-electron chi connectivity index (χ0n) is 9.62. The van der Waals surface area contributed by atoms with E-state index in [2.05, 4.69) is 4.84 Å². The molecule has 0 spiro atoms. The summed E-state index contributed by atoms with van der Waals surface area (Å²) in [5.74, 6) is -0.261. The fourth-order valence-electron chi connectivity index (χ4n) is 1.49. The van der Waals surface area contributed by atoms with Crippen molar-refractivity contribution < 1.29 is 32.3 Å². The van der Waals surface area contributed by atoms with Crippen LogP contribution in [0.4, 0.5) is 13.2 Å². The minimum Gasteiger partial charge on any atom is -0.486 e. The highest BCUT2D eigenvalue weighted by molar-refractivity contribution is 5.97. The van der Waals surface area contributed by atoms with E-state index in [9.17, 15) is 18.0 Å². The molecule has 1 aliphatic heterocycles. The Labute approximate surface area is 106 Å². The Morgan fingerprint density at radius 3 is 2.79 bits per heavy atom. The first-order chi connectivity index (χ1) is 8.97. The van der Waals surface area contributed by atoms with Gasteiger partial charge < -0.3 is 9.47 Å². The summed E-state index contributed by atoms with van der Waals surface area (Å²) in [4.78, 5) is 15.7. The number of carbonyl (C=O) groups excluding carboxylic acids is 1. The smallest absolute Gasteiger partial charge is 0.414 e. The van der Waals surface area contributed by atoms with Crippen molar-refractivity contribution in [2.24, 2.45) is 0 Å². The Morgan fingerprint density at radius 1 is 1.32 bits per heavy atom. The quantitative estimate of drug-likeness (QED) is 0.854. The lowest BCUT2D eigenvalue weighted by Crippen LogP contribution is -2.30. The van der Waals surface area contributed by atoms with Crippen molar-refractivity contribution in [3.63, 3.8) is 0 Å². The van der Waals surface area contributed by atoms with Crippen molar-refractivity contribution in [2.75, 3.05) is 19.8 Å². The number of hydroxylamine groups is 1. The summed E-state index contributed by atoms with van der Waals surface area (Å²) in [6.07, 6.45) is -4.51. The second-order valence-electron chi connectivity index (χ2n) is 3.66. The molecule has 8 heteroatoms. The standard InChI is InChI=1S/C11H10F3NO4/c12-11(13,14)6-19-15-10(16)7-2-1-3-8-9(7)18-5-4-17-8/h1-3H,4-6H2,(H,15,16). The maximum Gasteiger partial charge on any atom is 0.414 e. The average molecular weight is 277 g/mol. The van der Waals surface area contributed by atoms with E-state index in [1.165, 1.54) is 12.1 Å². The fraction of sp³-hybridized carbons (Fsp3) is 0.364. The summed E-state index contributed by atoms with van der Waals surface area (Å²) >= 11 is 0. The number of fused-ring (bicyclic) bond motifs is 1. The number of rotatable bonds is 3. The molecular formula is C11H10F3NO4. The van der Waals surface area contributed by atoms with Crippen LogP contribution in [0.3, 0.4) is 0 Å². The number of carbonyl (C=O) groups is 1. The molecule has 2 rings (SSSR count). The highest BCUT2D eigenvalue weighted by Gasteiger charge is 2.29.